The van der Waals surface area contributed by atoms with E-state index < -0.39 is 30.5 Å². The van der Waals surface area contributed by atoms with Gasteiger partial charge in [-0.25, -0.2) is 0 Å². The third-order valence-electron chi connectivity index (χ3n) is 15.5. The zero-order valence-electron chi connectivity index (χ0n) is 27.2. The fourth-order valence-corrected chi connectivity index (χ4v) is 12.5. The van der Waals surface area contributed by atoms with Gasteiger partial charge >= 0.3 is 0 Å². The summed E-state index contributed by atoms with van der Waals surface area (Å²) in [5.74, 6) is 2.91. The number of allylic oxidation sites excluding steroid dienone is 2. The quantitative estimate of drug-likeness (QED) is 0.328. The smallest absolute Gasteiger partial charge is 0.138 e. The molecule has 14 atom stereocenters. The highest BCUT2D eigenvalue weighted by atomic mass is 16.5. The molecule has 238 valence electrons. The molecule has 0 aromatic rings. The molecule has 6 rings (SSSR count). The fraction of sp³-hybridized carbons (Fsp3) is 0.917. The van der Waals surface area contributed by atoms with Crippen LogP contribution in [0.3, 0.4) is 0 Å². The van der Waals surface area contributed by atoms with Gasteiger partial charge in [0.25, 0.3) is 0 Å². The van der Waals surface area contributed by atoms with Crippen LogP contribution in [0.25, 0.3) is 0 Å². The molecular formula is C36H58O6. The summed E-state index contributed by atoms with van der Waals surface area (Å²) in [6, 6.07) is 0. The van der Waals surface area contributed by atoms with Gasteiger partial charge in [0.2, 0.25) is 0 Å². The average molecular weight is 587 g/mol. The second kappa shape index (κ2) is 10.1. The number of fused-ring (bicyclic) bond motifs is 7. The van der Waals surface area contributed by atoms with Crippen molar-refractivity contribution < 1.29 is 30.0 Å². The summed E-state index contributed by atoms with van der Waals surface area (Å²) in [4.78, 5) is 13.1. The molecule has 0 amide bonds. The monoisotopic (exact) mass is 586 g/mol. The summed E-state index contributed by atoms with van der Waals surface area (Å²) in [5.41, 5.74) is 1.73. The number of carbonyl (C=O) groups is 1. The van der Waals surface area contributed by atoms with E-state index in [1.807, 2.05) is 0 Å². The van der Waals surface area contributed by atoms with E-state index in [2.05, 4.69) is 54.5 Å². The standard InChI is InChI=1S/C36H58O6/c1-20-10-15-36(18-23-29(39)31(41)30(40)24(19-37)42-23)17-16-34(6)22(28(36)21(20)2)8-9-26-33(5)13-12-27(38)32(3,4)25(33)11-14-35(26,34)7/h8,20-21,23-26,28-31,37,39-41H,9-19H2,1-7H3/t20-,21+,23+,24?,25?,26?,28?,29?,30-,31-,33+,34-,35-,36-/m1/s1. The molecule has 0 aromatic carbocycles. The van der Waals surface area contributed by atoms with E-state index in [1.165, 1.54) is 6.42 Å². The minimum absolute atomic E-state index is 0.0471. The van der Waals surface area contributed by atoms with Crippen LogP contribution < -0.4 is 0 Å². The van der Waals surface area contributed by atoms with Crippen molar-refractivity contribution in [3.63, 3.8) is 0 Å². The molecule has 0 bridgehead atoms. The Kier molecular flexibility index (Phi) is 7.51. The maximum atomic E-state index is 13.1. The molecule has 5 aliphatic carbocycles. The molecule has 0 spiro atoms. The van der Waals surface area contributed by atoms with Gasteiger partial charge in [-0.2, -0.15) is 0 Å². The van der Waals surface area contributed by atoms with Crippen molar-refractivity contribution in [1.29, 1.82) is 0 Å². The minimum Gasteiger partial charge on any atom is -0.394 e. The summed E-state index contributed by atoms with van der Waals surface area (Å²) >= 11 is 0. The lowest BCUT2D eigenvalue weighted by molar-refractivity contribution is -0.242. The van der Waals surface area contributed by atoms with E-state index >= 15 is 0 Å². The average Bonchev–Trinajstić information content (AvgIpc) is 2.94. The van der Waals surface area contributed by atoms with Crippen LogP contribution in [-0.2, 0) is 9.53 Å². The summed E-state index contributed by atoms with van der Waals surface area (Å²) in [7, 11) is 0. The molecule has 1 heterocycles. The van der Waals surface area contributed by atoms with E-state index in [0.29, 0.717) is 48.2 Å². The van der Waals surface area contributed by atoms with Gasteiger partial charge in [-0.3, -0.25) is 4.79 Å². The lowest BCUT2D eigenvalue weighted by Crippen LogP contribution is -2.65. The highest BCUT2D eigenvalue weighted by Gasteiger charge is 2.69. The summed E-state index contributed by atoms with van der Waals surface area (Å²) < 4.78 is 6.15. The van der Waals surface area contributed by atoms with E-state index in [-0.39, 0.29) is 33.7 Å². The molecule has 1 aliphatic heterocycles. The maximum absolute atomic E-state index is 13.1. The highest BCUT2D eigenvalue weighted by molar-refractivity contribution is 5.85. The molecule has 1 saturated heterocycles. The van der Waals surface area contributed by atoms with Gasteiger partial charge in [-0.1, -0.05) is 60.1 Å². The van der Waals surface area contributed by atoms with Crippen molar-refractivity contribution >= 4 is 5.78 Å². The summed E-state index contributed by atoms with van der Waals surface area (Å²) in [6.07, 6.45) is 7.46. The third kappa shape index (κ3) is 4.03. The molecule has 6 aliphatic rings. The second-order valence-electron chi connectivity index (χ2n) is 17.2. The first-order chi connectivity index (χ1) is 19.6. The SMILES string of the molecule is C[C@@H]1CC[C@]2(C[C@@H]3OC(CO)[C@@H](O)[C@H](O)C3O)CC[C@]3(C)C(=CCC4[C@@]5(C)CCC(=O)C(C)(C)C5CC[C@]43C)C2[C@H]1C. The maximum Gasteiger partial charge on any atom is 0.138 e. The van der Waals surface area contributed by atoms with Crippen molar-refractivity contribution in [1.82, 2.24) is 0 Å². The van der Waals surface area contributed by atoms with Crippen LogP contribution >= 0.6 is 0 Å². The Morgan fingerprint density at radius 3 is 2.24 bits per heavy atom. The number of hydrogen-bond donors (Lipinski definition) is 4. The molecule has 0 aromatic heterocycles. The van der Waals surface area contributed by atoms with E-state index in [1.54, 1.807) is 5.57 Å². The topological polar surface area (TPSA) is 107 Å². The Labute approximate surface area is 253 Å². The van der Waals surface area contributed by atoms with Gasteiger partial charge in [0.15, 0.2) is 0 Å². The highest BCUT2D eigenvalue weighted by Crippen LogP contribution is 2.76. The molecule has 5 unspecified atom stereocenters. The number of rotatable bonds is 3. The van der Waals surface area contributed by atoms with Gasteiger partial charge in [0, 0.05) is 11.8 Å². The largest absolute Gasteiger partial charge is 0.394 e. The Morgan fingerprint density at radius 1 is 0.857 bits per heavy atom. The first-order valence-electron chi connectivity index (χ1n) is 17.1. The van der Waals surface area contributed by atoms with Gasteiger partial charge in [-0.15, -0.1) is 0 Å². The van der Waals surface area contributed by atoms with Crippen LogP contribution in [-0.4, -0.2) is 63.3 Å². The van der Waals surface area contributed by atoms with Crippen molar-refractivity contribution in [2.75, 3.05) is 6.61 Å². The van der Waals surface area contributed by atoms with Crippen molar-refractivity contribution in [3.05, 3.63) is 11.6 Å². The van der Waals surface area contributed by atoms with Crippen LogP contribution in [0.5, 0.6) is 0 Å². The Hall–Kier alpha value is -0.790. The van der Waals surface area contributed by atoms with Crippen molar-refractivity contribution in [3.8, 4) is 0 Å². The minimum atomic E-state index is -1.32. The zero-order chi connectivity index (χ0) is 30.6. The Balaban J connectivity index is 1.38. The van der Waals surface area contributed by atoms with Gasteiger partial charge < -0.3 is 25.2 Å². The lowest BCUT2D eigenvalue weighted by Gasteiger charge is -2.71. The van der Waals surface area contributed by atoms with Crippen molar-refractivity contribution in [2.24, 2.45) is 56.7 Å². The summed E-state index contributed by atoms with van der Waals surface area (Å²) in [6.45, 7) is 16.6. The number of aliphatic hydroxyl groups is 4. The first-order valence-corrected chi connectivity index (χ1v) is 17.1. The van der Waals surface area contributed by atoms with E-state index in [0.717, 1.165) is 44.9 Å². The Morgan fingerprint density at radius 2 is 1.55 bits per heavy atom. The molecule has 4 N–H and O–H groups in total. The molecule has 4 saturated carbocycles. The lowest BCUT2D eigenvalue weighted by atomic mass is 9.33. The fourth-order valence-electron chi connectivity index (χ4n) is 12.5. The second-order valence-corrected chi connectivity index (χ2v) is 17.2. The number of hydrogen-bond acceptors (Lipinski definition) is 6. The van der Waals surface area contributed by atoms with Crippen LogP contribution in [0.15, 0.2) is 11.6 Å². The van der Waals surface area contributed by atoms with Gasteiger partial charge in [-0.05, 0) is 109 Å². The third-order valence-corrected chi connectivity index (χ3v) is 15.5. The number of carbonyl (C=O) groups excluding carboxylic acids is 1. The number of aliphatic hydroxyl groups excluding tert-OH is 4. The van der Waals surface area contributed by atoms with Crippen LogP contribution in [0.4, 0.5) is 0 Å². The Bertz CT molecular complexity index is 1110. The zero-order valence-corrected chi connectivity index (χ0v) is 27.2. The summed E-state index contributed by atoms with van der Waals surface area (Å²) in [5, 5.41) is 42.0. The number of ether oxygens (including phenoxy) is 1. The first kappa shape index (κ1) is 31.2. The molecule has 42 heavy (non-hydrogen) atoms. The van der Waals surface area contributed by atoms with Gasteiger partial charge in [0.05, 0.1) is 12.7 Å². The predicted octanol–water partition coefficient (Wildman–Crippen LogP) is 5.45. The predicted molar refractivity (Wildman–Crippen MR) is 162 cm³/mol. The van der Waals surface area contributed by atoms with Crippen LogP contribution in [0.2, 0.25) is 0 Å². The van der Waals surface area contributed by atoms with E-state index in [4.69, 9.17) is 4.74 Å². The molecular weight excluding hydrogens is 528 g/mol. The molecule has 6 nitrogen and oxygen atoms in total. The van der Waals surface area contributed by atoms with Crippen molar-refractivity contribution in [2.45, 2.75) is 143 Å². The number of ketones is 1. The van der Waals surface area contributed by atoms with Gasteiger partial charge in [0.1, 0.15) is 30.2 Å². The van der Waals surface area contributed by atoms with Crippen LogP contribution in [0.1, 0.15) is 113 Å². The van der Waals surface area contributed by atoms with E-state index in [9.17, 15) is 25.2 Å². The molecule has 0 radical (unpaired) electrons. The molecule has 6 heteroatoms. The van der Waals surface area contributed by atoms with Crippen LogP contribution in [0, 0.1) is 56.7 Å². The normalized spacial score (nSPS) is 55.5. The number of Topliss-reactive ketones (excluding diaryl/α,β-unsaturated/α-hetero) is 1. The molecule has 5 fully saturated rings.